The molecule has 9 nitrogen and oxygen atoms in total. The number of sulfonamides is 1. The molecular formula is C32H41N3O6S. The number of carbonyl (C=O) groups excluding carboxylic acids is 2. The first-order valence-electron chi connectivity index (χ1n) is 14.1. The molecule has 0 aromatic heterocycles. The second-order valence-corrected chi connectivity index (χ2v) is 12.0. The SMILES string of the molecule is CCOc1ccccc1N(CC(=O)N(Cc1cccc(OC)c1)[C@H](C)C(=O)N[C@H](C)CC)S(=O)(=O)c1ccc(C)cc1. The van der Waals surface area contributed by atoms with Crippen molar-refractivity contribution >= 4 is 27.5 Å². The first kappa shape index (κ1) is 32.5. The molecule has 0 heterocycles. The lowest BCUT2D eigenvalue weighted by Gasteiger charge is -2.33. The molecule has 1 N–H and O–H groups in total. The summed E-state index contributed by atoms with van der Waals surface area (Å²) in [4.78, 5) is 28.8. The summed E-state index contributed by atoms with van der Waals surface area (Å²) < 4.78 is 40.4. The molecular weight excluding hydrogens is 554 g/mol. The van der Waals surface area contributed by atoms with E-state index < -0.39 is 28.5 Å². The molecule has 0 aliphatic heterocycles. The minimum Gasteiger partial charge on any atom is -0.497 e. The Morgan fingerprint density at radius 2 is 1.64 bits per heavy atom. The van der Waals surface area contributed by atoms with E-state index in [0.29, 0.717) is 18.1 Å². The maximum atomic E-state index is 14.2. The number of benzene rings is 3. The Morgan fingerprint density at radius 3 is 2.29 bits per heavy atom. The number of ether oxygens (including phenoxy) is 2. The van der Waals surface area contributed by atoms with E-state index in [-0.39, 0.29) is 29.1 Å². The molecule has 3 rings (SSSR count). The zero-order chi connectivity index (χ0) is 30.9. The van der Waals surface area contributed by atoms with E-state index in [0.717, 1.165) is 21.9 Å². The van der Waals surface area contributed by atoms with Crippen LogP contribution in [0.5, 0.6) is 11.5 Å². The van der Waals surface area contributed by atoms with E-state index in [9.17, 15) is 18.0 Å². The van der Waals surface area contributed by atoms with Crippen molar-refractivity contribution in [2.24, 2.45) is 0 Å². The van der Waals surface area contributed by atoms with E-state index in [1.807, 2.05) is 26.8 Å². The predicted molar refractivity (Wildman–Crippen MR) is 164 cm³/mol. The highest BCUT2D eigenvalue weighted by atomic mass is 32.2. The van der Waals surface area contributed by atoms with E-state index in [1.165, 1.54) is 17.0 Å². The average Bonchev–Trinajstić information content (AvgIpc) is 2.98. The quantitative estimate of drug-likeness (QED) is 0.283. The van der Waals surface area contributed by atoms with Gasteiger partial charge >= 0.3 is 0 Å². The lowest BCUT2D eigenvalue weighted by Crippen LogP contribution is -2.52. The van der Waals surface area contributed by atoms with Gasteiger partial charge in [-0.3, -0.25) is 13.9 Å². The second kappa shape index (κ2) is 14.7. The monoisotopic (exact) mass is 595 g/mol. The normalized spacial score (nSPS) is 12.6. The topological polar surface area (TPSA) is 105 Å². The summed E-state index contributed by atoms with van der Waals surface area (Å²) >= 11 is 0. The number of rotatable bonds is 14. The molecule has 0 fully saturated rings. The molecule has 10 heteroatoms. The fourth-order valence-corrected chi connectivity index (χ4v) is 5.73. The highest BCUT2D eigenvalue weighted by molar-refractivity contribution is 7.92. The summed E-state index contributed by atoms with van der Waals surface area (Å²) in [6.07, 6.45) is 0.721. The van der Waals surface area contributed by atoms with Crippen molar-refractivity contribution < 1.29 is 27.5 Å². The lowest BCUT2D eigenvalue weighted by molar-refractivity contribution is -0.139. The van der Waals surface area contributed by atoms with Gasteiger partial charge in [0.1, 0.15) is 24.1 Å². The van der Waals surface area contributed by atoms with Gasteiger partial charge in [0.15, 0.2) is 0 Å². The second-order valence-electron chi connectivity index (χ2n) is 10.1. The van der Waals surface area contributed by atoms with Crippen LogP contribution in [-0.2, 0) is 26.2 Å². The van der Waals surface area contributed by atoms with Crippen LogP contribution in [0.4, 0.5) is 5.69 Å². The van der Waals surface area contributed by atoms with E-state index in [4.69, 9.17) is 9.47 Å². The summed E-state index contributed by atoms with van der Waals surface area (Å²) in [5.41, 5.74) is 1.86. The lowest BCUT2D eigenvalue weighted by atomic mass is 10.1. The van der Waals surface area contributed by atoms with Gasteiger partial charge in [-0.05, 0) is 76.1 Å². The number of amides is 2. The van der Waals surface area contributed by atoms with Crippen LogP contribution in [0.1, 0.15) is 45.2 Å². The molecule has 226 valence electrons. The molecule has 0 unspecified atom stereocenters. The molecule has 0 aliphatic carbocycles. The minimum atomic E-state index is -4.21. The summed E-state index contributed by atoms with van der Waals surface area (Å²) in [5, 5.41) is 2.94. The number of carbonyl (C=O) groups is 2. The van der Waals surface area contributed by atoms with Crippen molar-refractivity contribution in [3.63, 3.8) is 0 Å². The first-order chi connectivity index (χ1) is 20.0. The maximum Gasteiger partial charge on any atom is 0.264 e. The van der Waals surface area contributed by atoms with Gasteiger partial charge in [-0.25, -0.2) is 8.42 Å². The molecule has 0 bridgehead atoms. The Kier molecular flexibility index (Phi) is 11.4. The summed E-state index contributed by atoms with van der Waals surface area (Å²) in [6, 6.07) is 19.4. The van der Waals surface area contributed by atoms with Gasteiger partial charge in [-0.1, -0.05) is 48.9 Å². The smallest absolute Gasteiger partial charge is 0.264 e. The molecule has 0 spiro atoms. The number of para-hydroxylation sites is 2. The van der Waals surface area contributed by atoms with Crippen LogP contribution in [0.2, 0.25) is 0 Å². The van der Waals surface area contributed by atoms with Crippen molar-refractivity contribution in [3.05, 3.63) is 83.9 Å². The molecule has 0 saturated heterocycles. The minimum absolute atomic E-state index is 0.0362. The van der Waals surface area contributed by atoms with Crippen LogP contribution in [0.25, 0.3) is 0 Å². The fraction of sp³-hybridized carbons (Fsp3) is 0.375. The molecule has 42 heavy (non-hydrogen) atoms. The van der Waals surface area contributed by atoms with Crippen LogP contribution >= 0.6 is 0 Å². The number of methoxy groups -OCH3 is 1. The number of aryl methyl sites for hydroxylation is 1. The first-order valence-corrected chi connectivity index (χ1v) is 15.5. The van der Waals surface area contributed by atoms with Gasteiger partial charge in [-0.15, -0.1) is 0 Å². The molecule has 2 amide bonds. The number of anilines is 1. The average molecular weight is 596 g/mol. The standard InChI is InChI=1S/C32H41N3O6S/c1-7-24(4)33-32(37)25(5)34(21-26-12-11-13-27(20-26)40-6)31(36)22-35(29-14-9-10-15-30(29)41-8-2)42(38,39)28-18-16-23(3)17-19-28/h9-20,24-25H,7-8,21-22H2,1-6H3,(H,33,37)/t24-,25-/m1/s1. The summed E-state index contributed by atoms with van der Waals surface area (Å²) in [5.74, 6) is 0.0473. The van der Waals surface area contributed by atoms with Crippen molar-refractivity contribution in [3.8, 4) is 11.5 Å². The zero-order valence-electron chi connectivity index (χ0n) is 25.2. The maximum absolute atomic E-state index is 14.2. The number of nitrogens with one attached hydrogen (secondary N) is 1. The Morgan fingerprint density at radius 1 is 0.952 bits per heavy atom. The summed E-state index contributed by atoms with van der Waals surface area (Å²) in [6.45, 7) is 8.97. The van der Waals surface area contributed by atoms with Crippen LogP contribution in [0.15, 0.2) is 77.7 Å². The van der Waals surface area contributed by atoms with Gasteiger partial charge < -0.3 is 19.7 Å². The Hall–Kier alpha value is -4.05. The molecule has 0 saturated carbocycles. The number of hydrogen-bond acceptors (Lipinski definition) is 6. The van der Waals surface area contributed by atoms with Gasteiger partial charge in [0.05, 0.1) is 24.3 Å². The predicted octanol–water partition coefficient (Wildman–Crippen LogP) is 4.93. The van der Waals surface area contributed by atoms with Crippen molar-refractivity contribution in [2.45, 2.75) is 64.6 Å². The number of hydrogen-bond donors (Lipinski definition) is 1. The molecule has 0 aliphatic rings. The van der Waals surface area contributed by atoms with E-state index >= 15 is 0 Å². The highest BCUT2D eigenvalue weighted by Crippen LogP contribution is 2.33. The van der Waals surface area contributed by atoms with E-state index in [1.54, 1.807) is 75.6 Å². The zero-order valence-corrected chi connectivity index (χ0v) is 26.0. The van der Waals surface area contributed by atoms with Crippen LogP contribution in [0.3, 0.4) is 0 Å². The van der Waals surface area contributed by atoms with E-state index in [2.05, 4.69) is 5.32 Å². The van der Waals surface area contributed by atoms with Crippen molar-refractivity contribution in [1.29, 1.82) is 0 Å². The summed E-state index contributed by atoms with van der Waals surface area (Å²) in [7, 11) is -2.66. The van der Waals surface area contributed by atoms with Gasteiger partial charge in [0.25, 0.3) is 10.0 Å². The van der Waals surface area contributed by atoms with Gasteiger partial charge in [0.2, 0.25) is 11.8 Å². The Bertz CT molecular complexity index is 1460. The molecule has 2 atom stereocenters. The Labute approximate surface area is 249 Å². The van der Waals surface area contributed by atoms with Gasteiger partial charge in [0, 0.05) is 12.6 Å². The van der Waals surface area contributed by atoms with Crippen LogP contribution in [0, 0.1) is 6.92 Å². The third-order valence-corrected chi connectivity index (χ3v) is 8.75. The Balaban J connectivity index is 2.08. The molecule has 3 aromatic carbocycles. The molecule has 3 aromatic rings. The molecule has 0 radical (unpaired) electrons. The largest absolute Gasteiger partial charge is 0.497 e. The third-order valence-electron chi connectivity index (χ3n) is 6.98. The van der Waals surface area contributed by atoms with Crippen LogP contribution < -0.4 is 19.1 Å². The number of nitrogens with zero attached hydrogens (tertiary/aromatic N) is 2. The van der Waals surface area contributed by atoms with Gasteiger partial charge in [-0.2, -0.15) is 0 Å². The van der Waals surface area contributed by atoms with Crippen molar-refractivity contribution in [2.75, 3.05) is 24.6 Å². The van der Waals surface area contributed by atoms with Crippen molar-refractivity contribution in [1.82, 2.24) is 10.2 Å². The van der Waals surface area contributed by atoms with Crippen LogP contribution in [-0.4, -0.2) is 57.5 Å². The highest BCUT2D eigenvalue weighted by Gasteiger charge is 2.34. The fourth-order valence-electron chi connectivity index (χ4n) is 4.31. The third kappa shape index (κ3) is 8.03.